The predicted molar refractivity (Wildman–Crippen MR) is 122 cm³/mol. The van der Waals surface area contributed by atoms with Crippen molar-refractivity contribution in [2.75, 3.05) is 0 Å². The van der Waals surface area contributed by atoms with Gasteiger partial charge >= 0.3 is 186 Å². The van der Waals surface area contributed by atoms with Crippen LogP contribution in [0.15, 0.2) is 91.1 Å². The van der Waals surface area contributed by atoms with Crippen molar-refractivity contribution >= 4 is 29.7 Å². The number of nitrogens with zero attached hydrogens (tertiary/aromatic N) is 3. The summed E-state index contributed by atoms with van der Waals surface area (Å²) in [4.78, 5) is 9.69. The van der Waals surface area contributed by atoms with Crippen molar-refractivity contribution in [1.29, 1.82) is 0 Å². The van der Waals surface area contributed by atoms with E-state index in [-0.39, 0.29) is 26.6 Å². The number of hydrogen-bond donors (Lipinski definition) is 2. The van der Waals surface area contributed by atoms with Crippen LogP contribution >= 0.6 is 0 Å². The van der Waals surface area contributed by atoms with Gasteiger partial charge in [-0.15, -0.1) is 0 Å². The van der Waals surface area contributed by atoms with Crippen molar-refractivity contribution in [2.24, 2.45) is 0 Å². The Hall–Kier alpha value is -3.60. The Bertz CT molecular complexity index is 1330. The van der Waals surface area contributed by atoms with E-state index in [4.69, 9.17) is 9.97 Å². The van der Waals surface area contributed by atoms with Crippen molar-refractivity contribution in [3.63, 3.8) is 0 Å². The van der Waals surface area contributed by atoms with E-state index in [9.17, 15) is 10.2 Å². The maximum atomic E-state index is 11.0. The molecule has 0 unspecified atom stereocenters. The quantitative estimate of drug-likeness (QED) is 0.386. The number of phenolic OH excluding ortho intramolecular Hbond substituents is 1. The molecule has 5 rings (SSSR count). The summed E-state index contributed by atoms with van der Waals surface area (Å²) in [7, 11) is 0. The van der Waals surface area contributed by atoms with Crippen LogP contribution in [-0.4, -0.2) is 39.5 Å². The monoisotopic (exact) mass is 473 g/mol. The van der Waals surface area contributed by atoms with Crippen LogP contribution in [-0.2, 0) is 6.42 Å². The van der Waals surface area contributed by atoms with E-state index in [1.807, 2.05) is 79.0 Å². The molecule has 0 aliphatic heterocycles. The van der Waals surface area contributed by atoms with Gasteiger partial charge in [0.15, 0.2) is 0 Å². The number of aromatic hydroxyl groups is 2. The zero-order chi connectivity index (χ0) is 21.2. The molecule has 0 amide bonds. The number of aromatic nitrogens is 3. The van der Waals surface area contributed by atoms with Gasteiger partial charge in [0.25, 0.3) is 0 Å². The first-order chi connectivity index (χ1) is 15.2. The molecule has 0 aliphatic carbocycles. The van der Waals surface area contributed by atoms with E-state index in [1.54, 1.807) is 16.5 Å². The molecule has 3 aromatic carbocycles. The van der Waals surface area contributed by atoms with E-state index in [2.05, 4.69) is 0 Å². The number of hydrogen-bond acceptors (Lipinski definition) is 4. The summed E-state index contributed by atoms with van der Waals surface area (Å²) in [5.74, 6) is 0.375. The van der Waals surface area contributed by atoms with Gasteiger partial charge in [-0.05, 0) is 0 Å². The third-order valence-electron chi connectivity index (χ3n) is 4.96. The Kier molecular flexibility index (Phi) is 5.16. The summed E-state index contributed by atoms with van der Waals surface area (Å²) < 4.78 is 3.64. The number of fused-ring (bicyclic) bond motifs is 1. The molecule has 5 nitrogen and oxygen atoms in total. The summed E-state index contributed by atoms with van der Waals surface area (Å²) in [6, 6.07) is 27.1. The summed E-state index contributed by atoms with van der Waals surface area (Å²) in [6.07, 6.45) is 2.39. The molecule has 0 atom stereocenters. The number of rotatable bonds is 5. The number of phenols is 1. The second-order valence-electron chi connectivity index (χ2n) is 7.13. The van der Waals surface area contributed by atoms with Crippen molar-refractivity contribution in [2.45, 2.75) is 6.42 Å². The van der Waals surface area contributed by atoms with Crippen LogP contribution in [0.3, 0.4) is 0 Å². The molecule has 0 saturated heterocycles. The Morgan fingerprint density at radius 2 is 1.45 bits per heavy atom. The predicted octanol–water partition coefficient (Wildman–Crippen LogP) is 3.05. The average molecular weight is 472 g/mol. The Morgan fingerprint density at radius 3 is 2.16 bits per heavy atom. The molecule has 0 fully saturated rings. The second kappa shape index (κ2) is 8.26. The third kappa shape index (κ3) is 4.04. The molecule has 6 heteroatoms. The van der Waals surface area contributed by atoms with E-state index in [1.165, 1.54) is 0 Å². The minimum absolute atomic E-state index is 0.140. The van der Waals surface area contributed by atoms with Crippen LogP contribution in [0, 0.1) is 0 Å². The Labute approximate surface area is 185 Å². The fourth-order valence-electron chi connectivity index (χ4n) is 3.40. The zero-order valence-electron chi connectivity index (χ0n) is 16.5. The summed E-state index contributed by atoms with van der Waals surface area (Å²) in [6.45, 7) is 0. The number of benzene rings is 3. The molecule has 0 radical (unpaired) electrons. The molecule has 5 aromatic rings. The molecule has 2 N–H and O–H groups in total. The topological polar surface area (TPSA) is 70.7 Å². The maximum absolute atomic E-state index is 11.0. The number of imidazole rings is 1. The standard InChI is InChI=1S/C25H19N3O2Se/c29-19-11-13-20(14-12-19)31-24-23-26-21(15-17-7-3-1-4-8-17)25(30)28(23)16-22(27-24)18-9-5-2-6-10-18/h1-14,16,29-30H,15H2. The molecule has 152 valence electrons. The summed E-state index contributed by atoms with van der Waals surface area (Å²) in [5.41, 5.74) is 4.13. The van der Waals surface area contributed by atoms with Crippen molar-refractivity contribution < 1.29 is 10.2 Å². The SMILES string of the molecule is Oc1ccc([Se]c2nc(-c3ccccc3)cn3c(O)c(Cc4ccccc4)nc23)cc1. The summed E-state index contributed by atoms with van der Waals surface area (Å²) >= 11 is -0.151. The van der Waals surface area contributed by atoms with Gasteiger partial charge in [-0.25, -0.2) is 0 Å². The van der Waals surface area contributed by atoms with Crippen LogP contribution in [0.4, 0.5) is 0 Å². The minimum atomic E-state index is -0.151. The van der Waals surface area contributed by atoms with Gasteiger partial charge in [0.2, 0.25) is 0 Å². The fourth-order valence-corrected chi connectivity index (χ4v) is 5.24. The van der Waals surface area contributed by atoms with Crippen molar-refractivity contribution in [1.82, 2.24) is 14.4 Å². The van der Waals surface area contributed by atoms with E-state index >= 15 is 0 Å². The van der Waals surface area contributed by atoms with Crippen LogP contribution < -0.4 is 9.05 Å². The van der Waals surface area contributed by atoms with Gasteiger partial charge in [0.05, 0.1) is 0 Å². The van der Waals surface area contributed by atoms with Gasteiger partial charge < -0.3 is 0 Å². The van der Waals surface area contributed by atoms with Crippen LogP contribution in [0.25, 0.3) is 16.9 Å². The summed E-state index contributed by atoms with van der Waals surface area (Å²) in [5, 5.41) is 20.6. The molecular formula is C25H19N3O2Se. The third-order valence-corrected chi connectivity index (χ3v) is 7.00. The first kappa shape index (κ1) is 19.4. The zero-order valence-corrected chi connectivity index (χ0v) is 18.2. The Balaban J connectivity index is 1.64. The molecule has 2 heterocycles. The van der Waals surface area contributed by atoms with Gasteiger partial charge in [0, 0.05) is 0 Å². The van der Waals surface area contributed by atoms with Crippen LogP contribution in [0.2, 0.25) is 0 Å². The van der Waals surface area contributed by atoms with Gasteiger partial charge in [-0.1, -0.05) is 0 Å². The molecule has 0 aliphatic rings. The fraction of sp³-hybridized carbons (Fsp3) is 0.0400. The molecule has 2 aromatic heterocycles. The van der Waals surface area contributed by atoms with Crippen LogP contribution in [0.5, 0.6) is 11.6 Å². The molecule has 31 heavy (non-hydrogen) atoms. The van der Waals surface area contributed by atoms with Crippen LogP contribution in [0.1, 0.15) is 11.3 Å². The van der Waals surface area contributed by atoms with E-state index < -0.39 is 0 Å². The van der Waals surface area contributed by atoms with E-state index in [0.717, 1.165) is 25.9 Å². The first-order valence-electron chi connectivity index (χ1n) is 9.84. The first-order valence-corrected chi connectivity index (χ1v) is 11.6. The normalized spacial score (nSPS) is 11.1. The Morgan fingerprint density at radius 1 is 0.774 bits per heavy atom. The van der Waals surface area contributed by atoms with Gasteiger partial charge in [0.1, 0.15) is 0 Å². The molecule has 0 bridgehead atoms. The average Bonchev–Trinajstić information content (AvgIpc) is 3.12. The van der Waals surface area contributed by atoms with Gasteiger partial charge in [-0.3, -0.25) is 0 Å². The molecule has 0 spiro atoms. The molecular weight excluding hydrogens is 453 g/mol. The van der Waals surface area contributed by atoms with Crippen molar-refractivity contribution in [3.8, 4) is 22.9 Å². The molecule has 0 saturated carbocycles. The van der Waals surface area contributed by atoms with Crippen molar-refractivity contribution in [3.05, 3.63) is 102 Å². The van der Waals surface area contributed by atoms with E-state index in [0.29, 0.717) is 17.8 Å². The van der Waals surface area contributed by atoms with Gasteiger partial charge in [-0.2, -0.15) is 0 Å². The second-order valence-corrected chi connectivity index (χ2v) is 9.36.